The normalized spacial score (nSPS) is 13.6. The number of carbonyl (C=O) groups excluding carboxylic acids is 1. The third kappa shape index (κ3) is 4.74. The van der Waals surface area contributed by atoms with Crippen molar-refractivity contribution in [1.82, 2.24) is 5.32 Å². The molecule has 0 aromatic heterocycles. The molecule has 4 heteroatoms. The number of anilines is 1. The quantitative estimate of drug-likeness (QED) is 0.748. The molecule has 0 saturated carbocycles. The zero-order valence-corrected chi connectivity index (χ0v) is 13.9. The van der Waals surface area contributed by atoms with Crippen LogP contribution in [0.3, 0.4) is 0 Å². The van der Waals surface area contributed by atoms with E-state index in [0.29, 0.717) is 13.2 Å². The van der Waals surface area contributed by atoms with Crippen molar-refractivity contribution in [2.75, 3.05) is 31.1 Å². The van der Waals surface area contributed by atoms with Crippen LogP contribution in [0.2, 0.25) is 0 Å². The molecular weight excluding hydrogens is 264 g/mol. The van der Waals surface area contributed by atoms with E-state index < -0.39 is 5.54 Å². The Bertz CT molecular complexity index is 445. The molecule has 0 aliphatic heterocycles. The summed E-state index contributed by atoms with van der Waals surface area (Å²) < 4.78 is 5.23. The van der Waals surface area contributed by atoms with Crippen LogP contribution in [0, 0.1) is 6.92 Å². The molecule has 0 fully saturated rings. The summed E-state index contributed by atoms with van der Waals surface area (Å²) in [6.45, 7) is 12.4. The lowest BCUT2D eigenvalue weighted by molar-refractivity contribution is -0.150. The summed E-state index contributed by atoms with van der Waals surface area (Å²) in [6.07, 6.45) is 0. The first-order valence-electron chi connectivity index (χ1n) is 7.70. The van der Waals surface area contributed by atoms with Crippen LogP contribution in [0.25, 0.3) is 0 Å². The standard InChI is InChI=1S/C17H28N2O2/c1-6-18-17(5,16(20)21-8-3)13-19(7-2)15-11-9-14(4)10-12-15/h9-12,18H,6-8,13H2,1-5H3. The predicted molar refractivity (Wildman–Crippen MR) is 87.8 cm³/mol. The first kappa shape index (κ1) is 17.5. The molecular formula is C17H28N2O2. The molecule has 0 bridgehead atoms. The number of esters is 1. The molecule has 0 aliphatic carbocycles. The molecule has 4 nitrogen and oxygen atoms in total. The van der Waals surface area contributed by atoms with Crippen LogP contribution in [0.5, 0.6) is 0 Å². The number of benzene rings is 1. The Morgan fingerprint density at radius 2 is 1.86 bits per heavy atom. The van der Waals surface area contributed by atoms with Gasteiger partial charge in [-0.2, -0.15) is 0 Å². The summed E-state index contributed by atoms with van der Waals surface area (Å²) in [7, 11) is 0. The van der Waals surface area contributed by atoms with Crippen LogP contribution in [-0.2, 0) is 9.53 Å². The van der Waals surface area contributed by atoms with Gasteiger partial charge in [0.15, 0.2) is 0 Å². The number of ether oxygens (including phenoxy) is 1. The third-order valence-electron chi connectivity index (χ3n) is 3.58. The van der Waals surface area contributed by atoms with Gasteiger partial charge in [-0.15, -0.1) is 0 Å². The smallest absolute Gasteiger partial charge is 0.327 e. The fraction of sp³-hybridized carbons (Fsp3) is 0.588. The van der Waals surface area contributed by atoms with Crippen molar-refractivity contribution in [1.29, 1.82) is 0 Å². The molecule has 1 rings (SSSR count). The highest BCUT2D eigenvalue weighted by Gasteiger charge is 2.35. The number of hydrogen-bond donors (Lipinski definition) is 1. The van der Waals surface area contributed by atoms with Gasteiger partial charge in [0.2, 0.25) is 0 Å². The maximum Gasteiger partial charge on any atom is 0.327 e. The van der Waals surface area contributed by atoms with E-state index in [4.69, 9.17) is 4.74 Å². The van der Waals surface area contributed by atoms with Crippen molar-refractivity contribution in [3.05, 3.63) is 29.8 Å². The molecule has 118 valence electrons. The number of carbonyl (C=O) groups is 1. The highest BCUT2D eigenvalue weighted by Crippen LogP contribution is 2.19. The fourth-order valence-electron chi connectivity index (χ4n) is 2.40. The van der Waals surface area contributed by atoms with E-state index in [9.17, 15) is 4.79 Å². The summed E-state index contributed by atoms with van der Waals surface area (Å²) in [5.41, 5.74) is 1.65. The monoisotopic (exact) mass is 292 g/mol. The molecule has 1 aromatic rings. The van der Waals surface area contributed by atoms with Crippen molar-refractivity contribution in [2.45, 2.75) is 40.2 Å². The number of aryl methyl sites for hydroxylation is 1. The van der Waals surface area contributed by atoms with Crippen LogP contribution in [-0.4, -0.2) is 37.7 Å². The van der Waals surface area contributed by atoms with Gasteiger partial charge in [0, 0.05) is 18.8 Å². The van der Waals surface area contributed by atoms with Gasteiger partial charge in [-0.1, -0.05) is 24.6 Å². The SMILES string of the molecule is CCNC(C)(CN(CC)c1ccc(C)cc1)C(=O)OCC. The van der Waals surface area contributed by atoms with Gasteiger partial charge in [-0.25, -0.2) is 4.79 Å². The number of hydrogen-bond acceptors (Lipinski definition) is 4. The Morgan fingerprint density at radius 1 is 1.24 bits per heavy atom. The number of nitrogens with zero attached hydrogens (tertiary/aromatic N) is 1. The predicted octanol–water partition coefficient (Wildman–Crippen LogP) is 2.75. The lowest BCUT2D eigenvalue weighted by Crippen LogP contribution is -2.57. The molecule has 0 spiro atoms. The van der Waals surface area contributed by atoms with E-state index in [1.807, 2.05) is 20.8 Å². The molecule has 0 saturated heterocycles. The first-order chi connectivity index (χ1) is 9.96. The maximum atomic E-state index is 12.3. The molecule has 1 atom stereocenters. The van der Waals surface area contributed by atoms with Crippen LogP contribution >= 0.6 is 0 Å². The highest BCUT2D eigenvalue weighted by atomic mass is 16.5. The summed E-state index contributed by atoms with van der Waals surface area (Å²) >= 11 is 0. The summed E-state index contributed by atoms with van der Waals surface area (Å²) in [5.74, 6) is -0.197. The molecule has 21 heavy (non-hydrogen) atoms. The Labute approximate surface area is 128 Å². The summed E-state index contributed by atoms with van der Waals surface area (Å²) in [5, 5.41) is 3.27. The molecule has 0 aliphatic rings. The van der Waals surface area contributed by atoms with Gasteiger partial charge in [0.05, 0.1) is 6.61 Å². The zero-order valence-electron chi connectivity index (χ0n) is 13.9. The maximum absolute atomic E-state index is 12.3. The minimum atomic E-state index is -0.703. The second-order valence-electron chi connectivity index (χ2n) is 5.43. The largest absolute Gasteiger partial charge is 0.465 e. The summed E-state index contributed by atoms with van der Waals surface area (Å²) in [6, 6.07) is 8.37. The van der Waals surface area contributed by atoms with E-state index in [0.717, 1.165) is 18.8 Å². The Kier molecular flexibility index (Phi) is 6.69. The molecule has 1 aromatic carbocycles. The van der Waals surface area contributed by atoms with E-state index in [1.165, 1.54) is 5.56 Å². The van der Waals surface area contributed by atoms with Gasteiger partial charge in [0.25, 0.3) is 0 Å². The van der Waals surface area contributed by atoms with Crippen LogP contribution < -0.4 is 10.2 Å². The number of rotatable bonds is 8. The summed E-state index contributed by atoms with van der Waals surface area (Å²) in [4.78, 5) is 14.5. The Hall–Kier alpha value is -1.55. The average molecular weight is 292 g/mol. The molecule has 1 unspecified atom stereocenters. The molecule has 0 heterocycles. The van der Waals surface area contributed by atoms with Crippen molar-refractivity contribution < 1.29 is 9.53 Å². The van der Waals surface area contributed by atoms with E-state index in [-0.39, 0.29) is 5.97 Å². The molecule has 1 N–H and O–H groups in total. The van der Waals surface area contributed by atoms with Gasteiger partial charge in [-0.05, 0) is 46.4 Å². The van der Waals surface area contributed by atoms with Crippen molar-refractivity contribution in [3.63, 3.8) is 0 Å². The lowest BCUT2D eigenvalue weighted by Gasteiger charge is -2.35. The molecule has 0 radical (unpaired) electrons. The topological polar surface area (TPSA) is 41.6 Å². The van der Waals surface area contributed by atoms with Gasteiger partial charge >= 0.3 is 5.97 Å². The third-order valence-corrected chi connectivity index (χ3v) is 3.58. The first-order valence-corrected chi connectivity index (χ1v) is 7.70. The highest BCUT2D eigenvalue weighted by molar-refractivity contribution is 5.81. The van der Waals surface area contributed by atoms with Crippen LogP contribution in [0.1, 0.15) is 33.3 Å². The second-order valence-corrected chi connectivity index (χ2v) is 5.43. The van der Waals surface area contributed by atoms with Crippen molar-refractivity contribution in [3.8, 4) is 0 Å². The zero-order chi connectivity index (χ0) is 15.9. The van der Waals surface area contributed by atoms with Gasteiger partial charge < -0.3 is 15.0 Å². The molecule has 0 amide bonds. The Morgan fingerprint density at radius 3 is 2.33 bits per heavy atom. The van der Waals surface area contributed by atoms with Crippen molar-refractivity contribution in [2.24, 2.45) is 0 Å². The number of nitrogens with one attached hydrogen (secondary N) is 1. The number of likely N-dealkylation sites (N-methyl/N-ethyl adjacent to an activating group) is 2. The average Bonchev–Trinajstić information content (AvgIpc) is 2.46. The fourth-order valence-corrected chi connectivity index (χ4v) is 2.40. The lowest BCUT2D eigenvalue weighted by atomic mass is 10.0. The van der Waals surface area contributed by atoms with Crippen LogP contribution in [0.4, 0.5) is 5.69 Å². The van der Waals surface area contributed by atoms with Gasteiger partial charge in [-0.3, -0.25) is 0 Å². The Balaban J connectivity index is 2.93. The minimum Gasteiger partial charge on any atom is -0.465 e. The van der Waals surface area contributed by atoms with E-state index >= 15 is 0 Å². The van der Waals surface area contributed by atoms with Crippen molar-refractivity contribution >= 4 is 11.7 Å². The van der Waals surface area contributed by atoms with Gasteiger partial charge in [0.1, 0.15) is 5.54 Å². The van der Waals surface area contributed by atoms with E-state index in [1.54, 1.807) is 0 Å². The minimum absolute atomic E-state index is 0.197. The van der Waals surface area contributed by atoms with Crippen LogP contribution in [0.15, 0.2) is 24.3 Å². The second kappa shape index (κ2) is 8.03. The van der Waals surface area contributed by atoms with E-state index in [2.05, 4.69) is 48.3 Å².